The summed E-state index contributed by atoms with van der Waals surface area (Å²) < 4.78 is 5.25. The number of rotatable bonds is 5. The predicted molar refractivity (Wildman–Crippen MR) is 105 cm³/mol. The first-order valence-electron chi connectivity index (χ1n) is 10.6. The molecule has 0 radical (unpaired) electrons. The van der Waals surface area contributed by atoms with E-state index in [9.17, 15) is 0 Å². The van der Waals surface area contributed by atoms with E-state index in [-0.39, 0.29) is 0 Å². The number of hydrogen-bond donors (Lipinski definition) is 0. The first-order valence-corrected chi connectivity index (χ1v) is 10.6. The first-order chi connectivity index (χ1) is 12.4. The van der Waals surface area contributed by atoms with Crippen LogP contribution in [0.4, 0.5) is 0 Å². The van der Waals surface area contributed by atoms with Crippen molar-refractivity contribution in [2.75, 3.05) is 0 Å². The molecule has 4 aliphatic carbocycles. The molecule has 4 aliphatic rings. The Morgan fingerprint density at radius 2 is 1.69 bits per heavy atom. The average Bonchev–Trinajstić information content (AvgIpc) is 2.57. The van der Waals surface area contributed by atoms with Gasteiger partial charge in [-0.15, -0.1) is 5.26 Å². The van der Waals surface area contributed by atoms with Crippen molar-refractivity contribution in [3.63, 3.8) is 0 Å². The Morgan fingerprint density at radius 1 is 1.04 bits per heavy atom. The molecule has 4 unspecified atom stereocenters. The van der Waals surface area contributed by atoms with Gasteiger partial charge in [0.25, 0.3) is 6.26 Å². The van der Waals surface area contributed by atoms with E-state index < -0.39 is 0 Å². The Bertz CT molecular complexity index is 739. The molecular formula is C24H33NO. The first kappa shape index (κ1) is 17.9. The maximum atomic E-state index is 8.95. The van der Waals surface area contributed by atoms with Crippen LogP contribution in [0.5, 0.6) is 5.75 Å². The maximum absolute atomic E-state index is 8.95. The maximum Gasteiger partial charge on any atom is 0.292 e. The van der Waals surface area contributed by atoms with Gasteiger partial charge in [0, 0.05) is 0 Å². The number of benzene rings is 1. The molecule has 0 N–H and O–H groups in total. The number of nitrogens with zero attached hydrogens (tertiary/aromatic N) is 1. The molecular weight excluding hydrogens is 318 g/mol. The molecule has 1 aromatic rings. The van der Waals surface area contributed by atoms with E-state index in [1.165, 1.54) is 63.4 Å². The summed E-state index contributed by atoms with van der Waals surface area (Å²) in [6.45, 7) is 9.00. The largest absolute Gasteiger partial charge is 0.387 e. The highest BCUT2D eigenvalue weighted by atomic mass is 16.5. The molecule has 4 atom stereocenters. The van der Waals surface area contributed by atoms with E-state index >= 15 is 0 Å². The average molecular weight is 352 g/mol. The highest BCUT2D eigenvalue weighted by molar-refractivity contribution is 5.47. The SMILES string of the molecule is CCCC12CC3CC(CC)(C1)CC(c1cc(C)c(OC#N)c(C)c1)(C3)C2. The van der Waals surface area contributed by atoms with Crippen LogP contribution < -0.4 is 4.74 Å². The van der Waals surface area contributed by atoms with Gasteiger partial charge in [-0.3, -0.25) is 0 Å². The molecule has 5 rings (SSSR count). The fraction of sp³-hybridized carbons (Fsp3) is 0.708. The van der Waals surface area contributed by atoms with Crippen molar-refractivity contribution in [2.24, 2.45) is 16.7 Å². The summed E-state index contributed by atoms with van der Waals surface area (Å²) in [5, 5.41) is 8.95. The summed E-state index contributed by atoms with van der Waals surface area (Å²) in [6, 6.07) is 4.69. The van der Waals surface area contributed by atoms with Gasteiger partial charge < -0.3 is 4.74 Å². The molecule has 0 aromatic heterocycles. The van der Waals surface area contributed by atoms with Crippen LogP contribution in [-0.4, -0.2) is 0 Å². The van der Waals surface area contributed by atoms with E-state index in [2.05, 4.69) is 39.8 Å². The zero-order valence-corrected chi connectivity index (χ0v) is 17.0. The standard InChI is InChI=1S/C24H33NO/c1-5-7-23-11-19-10-22(6-2,13-23)14-24(12-19,15-23)20-8-17(3)21(26-16-25)18(4)9-20/h8-9,19H,5-7,10-15H2,1-4H3. The molecule has 0 aliphatic heterocycles. The van der Waals surface area contributed by atoms with E-state index in [1.54, 1.807) is 0 Å². The third-order valence-electron chi connectivity index (χ3n) is 8.05. The molecule has 0 heterocycles. The van der Waals surface area contributed by atoms with E-state index in [4.69, 9.17) is 10.00 Å². The van der Waals surface area contributed by atoms with Gasteiger partial charge in [-0.2, -0.15) is 0 Å². The lowest BCUT2D eigenvalue weighted by Crippen LogP contribution is -2.58. The molecule has 0 amide bonds. The van der Waals surface area contributed by atoms with Crippen LogP contribution in [-0.2, 0) is 5.41 Å². The fourth-order valence-corrected chi connectivity index (χ4v) is 7.83. The summed E-state index contributed by atoms with van der Waals surface area (Å²) in [4.78, 5) is 0. The van der Waals surface area contributed by atoms with Crippen LogP contribution in [0.15, 0.2) is 12.1 Å². The molecule has 0 spiro atoms. The summed E-state index contributed by atoms with van der Waals surface area (Å²) in [5.74, 6) is 1.67. The zero-order valence-electron chi connectivity index (χ0n) is 17.0. The van der Waals surface area contributed by atoms with Crippen LogP contribution in [0.25, 0.3) is 0 Å². The Morgan fingerprint density at radius 3 is 2.31 bits per heavy atom. The van der Waals surface area contributed by atoms with Crippen molar-refractivity contribution in [1.29, 1.82) is 5.26 Å². The molecule has 4 fully saturated rings. The lowest BCUT2D eigenvalue weighted by Gasteiger charge is -2.67. The Balaban J connectivity index is 1.80. The van der Waals surface area contributed by atoms with Crippen molar-refractivity contribution in [3.8, 4) is 12.0 Å². The van der Waals surface area contributed by atoms with Crippen LogP contribution in [0.3, 0.4) is 0 Å². The van der Waals surface area contributed by atoms with Gasteiger partial charge in [-0.05, 0) is 97.6 Å². The molecule has 4 bridgehead atoms. The molecule has 2 nitrogen and oxygen atoms in total. The van der Waals surface area contributed by atoms with Crippen molar-refractivity contribution < 1.29 is 4.74 Å². The minimum atomic E-state index is 0.352. The lowest BCUT2D eigenvalue weighted by atomic mass is 9.37. The van der Waals surface area contributed by atoms with Crippen LogP contribution in [0.1, 0.15) is 88.3 Å². The quantitative estimate of drug-likeness (QED) is 0.561. The van der Waals surface area contributed by atoms with Gasteiger partial charge >= 0.3 is 0 Å². The highest BCUT2D eigenvalue weighted by Crippen LogP contribution is 2.72. The number of aryl methyl sites for hydroxylation is 2. The minimum Gasteiger partial charge on any atom is -0.387 e. The van der Waals surface area contributed by atoms with Crippen molar-refractivity contribution in [2.45, 2.75) is 90.9 Å². The topological polar surface area (TPSA) is 33.0 Å². The van der Waals surface area contributed by atoms with Gasteiger partial charge in [0.2, 0.25) is 0 Å². The van der Waals surface area contributed by atoms with Crippen LogP contribution in [0.2, 0.25) is 0 Å². The summed E-state index contributed by atoms with van der Waals surface area (Å²) in [6.07, 6.45) is 14.4. The van der Waals surface area contributed by atoms with E-state index in [0.29, 0.717) is 16.2 Å². The van der Waals surface area contributed by atoms with Crippen LogP contribution >= 0.6 is 0 Å². The number of ether oxygens (including phenoxy) is 1. The Hall–Kier alpha value is -1.49. The third-order valence-corrected chi connectivity index (χ3v) is 8.05. The lowest BCUT2D eigenvalue weighted by molar-refractivity contribution is -0.131. The van der Waals surface area contributed by atoms with Gasteiger partial charge in [0.15, 0.2) is 0 Å². The highest BCUT2D eigenvalue weighted by Gasteiger charge is 2.62. The second kappa shape index (κ2) is 6.01. The molecule has 1 aromatic carbocycles. The fourth-order valence-electron chi connectivity index (χ4n) is 7.83. The Labute approximate surface area is 158 Å². The Kier molecular flexibility index (Phi) is 4.14. The third kappa shape index (κ3) is 2.58. The summed E-state index contributed by atoms with van der Waals surface area (Å²) in [7, 11) is 0. The van der Waals surface area contributed by atoms with Crippen molar-refractivity contribution >= 4 is 0 Å². The molecule has 26 heavy (non-hydrogen) atoms. The predicted octanol–water partition coefficient (Wildman–Crippen LogP) is 6.58. The molecule has 2 heteroatoms. The van der Waals surface area contributed by atoms with Crippen molar-refractivity contribution in [3.05, 3.63) is 28.8 Å². The summed E-state index contributed by atoms with van der Waals surface area (Å²) >= 11 is 0. The van der Waals surface area contributed by atoms with Gasteiger partial charge in [0.1, 0.15) is 5.75 Å². The summed E-state index contributed by atoms with van der Waals surface area (Å²) in [5.41, 5.74) is 5.26. The smallest absolute Gasteiger partial charge is 0.292 e. The second-order valence-corrected chi connectivity index (χ2v) is 10.0. The second-order valence-electron chi connectivity index (χ2n) is 10.0. The van der Waals surface area contributed by atoms with Gasteiger partial charge in [0.05, 0.1) is 0 Å². The van der Waals surface area contributed by atoms with E-state index in [1.807, 2.05) is 6.26 Å². The van der Waals surface area contributed by atoms with Crippen LogP contribution in [0, 0.1) is 42.1 Å². The normalized spacial score (nSPS) is 37.6. The molecule has 4 saturated carbocycles. The number of nitriles is 1. The molecule has 0 saturated heterocycles. The van der Waals surface area contributed by atoms with Crippen molar-refractivity contribution in [1.82, 2.24) is 0 Å². The van der Waals surface area contributed by atoms with Gasteiger partial charge in [-0.1, -0.05) is 38.8 Å². The molecule has 140 valence electrons. The van der Waals surface area contributed by atoms with E-state index in [0.717, 1.165) is 22.8 Å². The number of hydrogen-bond acceptors (Lipinski definition) is 2. The van der Waals surface area contributed by atoms with Gasteiger partial charge in [-0.25, -0.2) is 0 Å². The monoisotopic (exact) mass is 351 g/mol. The minimum absolute atomic E-state index is 0.352. The zero-order chi connectivity index (χ0) is 18.6.